The minimum atomic E-state index is -2.35. The second-order valence-electron chi connectivity index (χ2n) is 5.40. The van der Waals surface area contributed by atoms with Gasteiger partial charge < -0.3 is 18.1 Å². The van der Waals surface area contributed by atoms with Crippen molar-refractivity contribution in [3.05, 3.63) is 0 Å². The lowest BCUT2D eigenvalue weighted by Gasteiger charge is -2.18. The molecule has 0 bridgehead atoms. The Morgan fingerprint density at radius 3 is 2.25 bits per heavy atom. The van der Waals surface area contributed by atoms with Crippen LogP contribution >= 0.6 is 0 Å². The summed E-state index contributed by atoms with van der Waals surface area (Å²) in [6.07, 6.45) is 2.20. The molecule has 0 aliphatic heterocycles. The summed E-state index contributed by atoms with van der Waals surface area (Å²) < 4.78 is 10.7. The summed E-state index contributed by atoms with van der Waals surface area (Å²) in [7, 11) is -5.28. The summed E-state index contributed by atoms with van der Waals surface area (Å²) >= 11 is 0. The predicted octanol–water partition coefficient (Wildman–Crippen LogP) is -0.226. The van der Waals surface area contributed by atoms with E-state index in [9.17, 15) is 9.59 Å². The lowest BCUT2D eigenvalue weighted by Crippen LogP contribution is -2.34. The molecule has 0 amide bonds. The predicted molar refractivity (Wildman–Crippen MR) is 77.6 cm³/mol. The van der Waals surface area contributed by atoms with Gasteiger partial charge in [-0.05, 0) is 19.5 Å². The smallest absolute Gasteiger partial charge is 0.319 e. The molecule has 8 heteroatoms. The van der Waals surface area contributed by atoms with Gasteiger partial charge in [0.25, 0.3) is 10.0 Å². The van der Waals surface area contributed by atoms with Crippen LogP contribution in [0.3, 0.4) is 0 Å². The van der Waals surface area contributed by atoms with Gasteiger partial charge in [0.15, 0.2) is 0 Å². The molecule has 4 nitrogen and oxygen atoms in total. The summed E-state index contributed by atoms with van der Waals surface area (Å²) in [5, 5.41) is 0. The summed E-state index contributed by atoms with van der Waals surface area (Å²) in [4.78, 5) is 18.7. The van der Waals surface area contributed by atoms with Gasteiger partial charge in [-0.25, -0.2) is 0 Å². The molecule has 0 heterocycles. The zero-order valence-corrected chi connectivity index (χ0v) is 15.8. The fourth-order valence-corrected chi connectivity index (χ4v) is 5.53. The molecule has 0 rings (SSSR count). The maximum Gasteiger partial charge on any atom is 0.319 e. The Balaban J connectivity index is 3.29. The topological polar surface area (TPSA) is 58.9 Å². The quantitative estimate of drug-likeness (QED) is 0.456. The number of hydrogen-bond acceptors (Lipinski definition) is 4. The Hall–Kier alpha value is 0.708. The first-order chi connectivity index (χ1) is 7.27. The van der Waals surface area contributed by atoms with Crippen LogP contribution in [-0.2, 0) is 8.54 Å². The van der Waals surface area contributed by atoms with E-state index in [0.717, 1.165) is 19.4 Å². The van der Waals surface area contributed by atoms with Crippen molar-refractivity contribution in [2.75, 3.05) is 6.61 Å². The second-order valence-corrected chi connectivity index (χ2v) is 21.9. The normalized spacial score (nSPS) is 14.6. The minimum absolute atomic E-state index is 0.744. The largest absolute Gasteiger partial charge is 0.441 e. The van der Waals surface area contributed by atoms with Gasteiger partial charge in [0, 0.05) is 6.61 Å². The van der Waals surface area contributed by atoms with E-state index in [1.807, 2.05) is 0 Å². The Kier molecular flexibility index (Phi) is 8.27. The zero-order valence-electron chi connectivity index (χ0n) is 11.0. The van der Waals surface area contributed by atoms with Crippen molar-refractivity contribution in [2.24, 2.45) is 0 Å². The van der Waals surface area contributed by atoms with Crippen molar-refractivity contribution < 1.29 is 18.1 Å². The molecule has 0 fully saturated rings. The maximum atomic E-state index is 9.41. The number of hydrogen-bond donors (Lipinski definition) is 2. The van der Waals surface area contributed by atoms with Crippen molar-refractivity contribution in [1.29, 1.82) is 0 Å². The molecule has 98 valence electrons. The Morgan fingerprint density at radius 2 is 1.75 bits per heavy atom. The van der Waals surface area contributed by atoms with E-state index in [-0.39, 0.29) is 0 Å². The van der Waals surface area contributed by atoms with Crippen LogP contribution in [0.5, 0.6) is 0 Å². The van der Waals surface area contributed by atoms with E-state index in [1.165, 1.54) is 6.04 Å². The third kappa shape index (κ3) is 11.2. The first kappa shape index (κ1) is 16.7. The van der Waals surface area contributed by atoms with E-state index in [1.54, 1.807) is 13.1 Å². The summed E-state index contributed by atoms with van der Waals surface area (Å²) in [5.41, 5.74) is 0. The molecule has 0 spiro atoms. The number of unbranched alkanes of at least 4 members (excludes halogenated alkanes) is 1. The van der Waals surface area contributed by atoms with Crippen LogP contribution in [0.2, 0.25) is 32.2 Å². The van der Waals surface area contributed by atoms with Crippen LogP contribution < -0.4 is 0 Å². The third-order valence-electron chi connectivity index (χ3n) is 2.32. The zero-order chi connectivity index (χ0) is 12.7. The lowest BCUT2D eigenvalue weighted by atomic mass is 10.4. The fraction of sp³-hybridized carbons (Fsp3) is 1.00. The van der Waals surface area contributed by atoms with Gasteiger partial charge >= 0.3 is 8.56 Å². The second kappa shape index (κ2) is 7.92. The SMILES string of the molecule is C[Si](C)(O)O[SiH2]OCCCC[Si](C)(C)[SiH2]O. The van der Waals surface area contributed by atoms with Gasteiger partial charge in [0.05, 0.1) is 7.59 Å². The highest BCUT2D eigenvalue weighted by Gasteiger charge is 2.19. The van der Waals surface area contributed by atoms with Gasteiger partial charge in [-0.15, -0.1) is 0 Å². The molecule has 0 aliphatic rings. The highest BCUT2D eigenvalue weighted by atomic mass is 29.2. The molecular weight excluding hydrogens is 272 g/mol. The van der Waals surface area contributed by atoms with E-state index in [2.05, 4.69) is 13.1 Å². The summed E-state index contributed by atoms with van der Waals surface area (Å²) in [6, 6.07) is 1.21. The maximum absolute atomic E-state index is 9.41. The third-order valence-corrected chi connectivity index (χ3v) is 12.3. The molecule has 0 aromatic rings. The Morgan fingerprint density at radius 1 is 1.12 bits per heavy atom. The van der Waals surface area contributed by atoms with Gasteiger partial charge in [-0.3, -0.25) is 0 Å². The molecular formula is C8H26O4Si4. The Labute approximate surface area is 105 Å². The van der Waals surface area contributed by atoms with Crippen molar-refractivity contribution in [2.45, 2.75) is 45.1 Å². The van der Waals surface area contributed by atoms with E-state index in [0.29, 0.717) is 0 Å². The van der Waals surface area contributed by atoms with E-state index < -0.39 is 35.4 Å². The molecule has 2 N–H and O–H groups in total. The molecule has 0 saturated heterocycles. The fourth-order valence-electron chi connectivity index (χ4n) is 1.13. The Bertz CT molecular complexity index is 183. The average molecular weight is 299 g/mol. The molecule has 16 heavy (non-hydrogen) atoms. The molecule has 0 atom stereocenters. The van der Waals surface area contributed by atoms with E-state index in [4.69, 9.17) is 8.54 Å². The molecule has 0 unspecified atom stereocenters. The molecule has 0 saturated carbocycles. The van der Waals surface area contributed by atoms with Crippen LogP contribution in [0.25, 0.3) is 0 Å². The molecule has 0 aromatic heterocycles. The van der Waals surface area contributed by atoms with Gasteiger partial charge in [0.2, 0.25) is 0 Å². The van der Waals surface area contributed by atoms with Crippen LogP contribution in [0, 0.1) is 0 Å². The van der Waals surface area contributed by atoms with Crippen LogP contribution in [0.4, 0.5) is 0 Å². The van der Waals surface area contributed by atoms with Crippen molar-refractivity contribution in [3.8, 4) is 0 Å². The van der Waals surface area contributed by atoms with Crippen molar-refractivity contribution in [3.63, 3.8) is 0 Å². The summed E-state index contributed by atoms with van der Waals surface area (Å²) in [6.45, 7) is 8.77. The average Bonchev–Trinajstić information content (AvgIpc) is 2.14. The first-order valence-corrected chi connectivity index (χ1v) is 16.0. The van der Waals surface area contributed by atoms with Gasteiger partial charge in [0.1, 0.15) is 9.28 Å². The molecule has 0 aliphatic carbocycles. The minimum Gasteiger partial charge on any atom is -0.441 e. The molecule has 0 radical (unpaired) electrons. The first-order valence-electron chi connectivity index (χ1n) is 5.82. The number of rotatable bonds is 9. The lowest BCUT2D eigenvalue weighted by molar-refractivity contribution is 0.264. The van der Waals surface area contributed by atoms with Crippen LogP contribution in [0.1, 0.15) is 12.8 Å². The summed E-state index contributed by atoms with van der Waals surface area (Å²) in [5.74, 6) is 0. The van der Waals surface area contributed by atoms with Crippen LogP contribution in [-0.4, -0.2) is 51.6 Å². The van der Waals surface area contributed by atoms with Gasteiger partial charge in [-0.1, -0.05) is 25.6 Å². The van der Waals surface area contributed by atoms with Gasteiger partial charge in [-0.2, -0.15) is 0 Å². The van der Waals surface area contributed by atoms with Crippen molar-refractivity contribution in [1.82, 2.24) is 0 Å². The highest BCUT2D eigenvalue weighted by molar-refractivity contribution is 7.21. The molecule has 0 aromatic carbocycles. The highest BCUT2D eigenvalue weighted by Crippen LogP contribution is 2.11. The van der Waals surface area contributed by atoms with E-state index >= 15 is 0 Å². The van der Waals surface area contributed by atoms with Crippen molar-refractivity contribution >= 4 is 35.4 Å². The van der Waals surface area contributed by atoms with Crippen LogP contribution in [0.15, 0.2) is 0 Å². The monoisotopic (exact) mass is 298 g/mol. The standard InChI is InChI=1S/C8H26O4Si4/c1-15(2,13-9)8-6-5-7-11-14-12-16(3,4)10/h9-10H,5-8,13-14H2,1-4H3.